The third kappa shape index (κ3) is 3.47. The molecule has 1 saturated heterocycles. The van der Waals surface area contributed by atoms with Crippen LogP contribution in [0, 0.1) is 50.7 Å². The zero-order valence-electron chi connectivity index (χ0n) is 26.2. The maximum atomic E-state index is 12.4. The molecule has 8 unspecified atom stereocenters. The van der Waals surface area contributed by atoms with Crippen molar-refractivity contribution in [2.45, 2.75) is 143 Å². The lowest BCUT2D eigenvalue weighted by atomic mass is 9.41. The van der Waals surface area contributed by atoms with Crippen molar-refractivity contribution >= 4 is 6.09 Å². The van der Waals surface area contributed by atoms with Crippen LogP contribution in [0.15, 0.2) is 0 Å². The number of rotatable bonds is 5. The topological polar surface area (TPSA) is 111 Å². The monoisotopic (exact) mass is 561 g/mol. The summed E-state index contributed by atoms with van der Waals surface area (Å²) in [5.74, 6) is 1.61. The van der Waals surface area contributed by atoms with Gasteiger partial charge in [-0.2, -0.15) is 0 Å². The molecule has 7 heteroatoms. The molecule has 0 aromatic rings. The Kier molecular flexibility index (Phi) is 6.44. The summed E-state index contributed by atoms with van der Waals surface area (Å²) in [7, 11) is 0. The number of hydrogen-bond acceptors (Lipinski definition) is 6. The van der Waals surface area contributed by atoms with Gasteiger partial charge in [0.25, 0.3) is 0 Å². The molecule has 0 aromatic carbocycles. The fourth-order valence-electron chi connectivity index (χ4n) is 12.8. The molecule has 1 amide bonds. The molecule has 5 aliphatic carbocycles. The number of primary amides is 1. The molecular formula is C33H55NO6. The van der Waals surface area contributed by atoms with Gasteiger partial charge in [-0.15, -0.1) is 0 Å². The van der Waals surface area contributed by atoms with Crippen molar-refractivity contribution in [2.24, 2.45) is 56.5 Å². The first-order valence-corrected chi connectivity index (χ1v) is 16.1. The van der Waals surface area contributed by atoms with Gasteiger partial charge in [0.15, 0.2) is 0 Å². The van der Waals surface area contributed by atoms with E-state index in [-0.39, 0.29) is 51.3 Å². The van der Waals surface area contributed by atoms with Crippen LogP contribution in [-0.2, 0) is 14.2 Å². The number of hydrogen-bond donors (Lipinski definition) is 3. The minimum absolute atomic E-state index is 0.00829. The highest BCUT2D eigenvalue weighted by molar-refractivity contribution is 5.65. The average molecular weight is 562 g/mol. The van der Waals surface area contributed by atoms with Crippen LogP contribution < -0.4 is 5.73 Å². The summed E-state index contributed by atoms with van der Waals surface area (Å²) in [6.07, 6.45) is 6.34. The first-order chi connectivity index (χ1) is 18.5. The van der Waals surface area contributed by atoms with Crippen molar-refractivity contribution in [3.8, 4) is 0 Å². The van der Waals surface area contributed by atoms with Crippen molar-refractivity contribution in [3.63, 3.8) is 0 Å². The van der Waals surface area contributed by atoms with E-state index in [1.165, 1.54) is 12.8 Å². The van der Waals surface area contributed by atoms with E-state index in [1.807, 2.05) is 6.92 Å². The Bertz CT molecular complexity index is 1040. The Labute approximate surface area is 241 Å². The van der Waals surface area contributed by atoms with Gasteiger partial charge in [0, 0.05) is 17.4 Å². The van der Waals surface area contributed by atoms with Crippen LogP contribution in [0.4, 0.5) is 4.79 Å². The van der Waals surface area contributed by atoms with E-state index in [0.29, 0.717) is 24.4 Å². The average Bonchev–Trinajstić information content (AvgIpc) is 3.48. The maximum absolute atomic E-state index is 12.4. The summed E-state index contributed by atoms with van der Waals surface area (Å²) < 4.78 is 18.6. The number of nitrogens with two attached hydrogens (primary N) is 1. The Hall–Kier alpha value is -0.890. The van der Waals surface area contributed by atoms with Crippen molar-refractivity contribution in [1.82, 2.24) is 0 Å². The standard InChI is InChI=1S/C33H55NO6/c1-9-38-26(29(5,6)37)19-16-18(2)23-24(39-19)25(35)31(8)21-11-10-20-28(3,4)22(40-27(34)36)12-13-32(20)17-33(21,32)15-14-30(23,31)7/h18-26,35,37H,9-17H2,1-8H3,(H2,34,36)/t18-,19?,20+,21?,22?,23+,24?,25+,26?,30?,31-,32?,33?/m1/s1. The quantitative estimate of drug-likeness (QED) is 0.412. The summed E-state index contributed by atoms with van der Waals surface area (Å²) in [5, 5.41) is 23.4. The molecule has 6 rings (SSSR count). The van der Waals surface area contributed by atoms with E-state index in [4.69, 9.17) is 19.9 Å². The predicted octanol–water partition coefficient (Wildman–Crippen LogP) is 5.44. The molecule has 1 heterocycles. The molecule has 228 valence electrons. The molecule has 40 heavy (non-hydrogen) atoms. The van der Waals surface area contributed by atoms with Gasteiger partial charge in [0.2, 0.25) is 0 Å². The minimum atomic E-state index is -1.02. The summed E-state index contributed by atoms with van der Waals surface area (Å²) in [5.41, 5.74) is 4.62. The lowest BCUT2D eigenvalue weighted by Crippen LogP contribution is -2.60. The normalized spacial score (nSPS) is 53.2. The highest BCUT2D eigenvalue weighted by Crippen LogP contribution is 2.89. The number of aliphatic hydroxyl groups is 2. The third-order valence-electron chi connectivity index (χ3n) is 14.4. The minimum Gasteiger partial charge on any atom is -0.446 e. The predicted molar refractivity (Wildman–Crippen MR) is 152 cm³/mol. The van der Waals surface area contributed by atoms with Gasteiger partial charge < -0.3 is 30.2 Å². The van der Waals surface area contributed by atoms with E-state index in [0.717, 1.165) is 38.5 Å². The van der Waals surface area contributed by atoms with E-state index in [9.17, 15) is 15.0 Å². The maximum Gasteiger partial charge on any atom is 0.404 e. The summed E-state index contributed by atoms with van der Waals surface area (Å²) in [6, 6.07) is 0. The Morgan fingerprint density at radius 1 is 1.07 bits per heavy atom. The smallest absolute Gasteiger partial charge is 0.404 e. The first kappa shape index (κ1) is 29.2. The van der Waals surface area contributed by atoms with Crippen LogP contribution in [0.25, 0.3) is 0 Å². The summed E-state index contributed by atoms with van der Waals surface area (Å²) in [4.78, 5) is 11.7. The van der Waals surface area contributed by atoms with Gasteiger partial charge >= 0.3 is 6.09 Å². The van der Waals surface area contributed by atoms with E-state index in [1.54, 1.807) is 13.8 Å². The van der Waals surface area contributed by atoms with Gasteiger partial charge in [-0.1, -0.05) is 34.6 Å². The molecule has 0 aromatic heterocycles. The largest absolute Gasteiger partial charge is 0.446 e. The second-order valence-corrected chi connectivity index (χ2v) is 16.5. The zero-order valence-corrected chi connectivity index (χ0v) is 26.2. The molecule has 13 atom stereocenters. The third-order valence-corrected chi connectivity index (χ3v) is 14.4. The van der Waals surface area contributed by atoms with Crippen LogP contribution in [0.5, 0.6) is 0 Å². The van der Waals surface area contributed by atoms with Gasteiger partial charge in [0.1, 0.15) is 12.2 Å². The van der Waals surface area contributed by atoms with Crippen LogP contribution in [-0.4, -0.2) is 59.0 Å². The highest BCUT2D eigenvalue weighted by Gasteiger charge is 2.84. The van der Waals surface area contributed by atoms with Crippen LogP contribution in [0.1, 0.15) is 107 Å². The van der Waals surface area contributed by atoms with Gasteiger partial charge in [-0.05, 0) is 112 Å². The molecule has 6 fully saturated rings. The zero-order chi connectivity index (χ0) is 29.3. The van der Waals surface area contributed by atoms with Gasteiger partial charge in [0.05, 0.1) is 23.9 Å². The van der Waals surface area contributed by atoms with Crippen molar-refractivity contribution < 1.29 is 29.2 Å². The molecule has 0 bridgehead atoms. The second-order valence-electron chi connectivity index (χ2n) is 16.5. The van der Waals surface area contributed by atoms with Gasteiger partial charge in [-0.3, -0.25) is 0 Å². The molecule has 2 spiro atoms. The van der Waals surface area contributed by atoms with Crippen LogP contribution >= 0.6 is 0 Å². The highest BCUT2D eigenvalue weighted by atomic mass is 16.6. The lowest BCUT2D eigenvalue weighted by Gasteiger charge is -2.63. The van der Waals surface area contributed by atoms with Crippen LogP contribution in [0.2, 0.25) is 0 Å². The van der Waals surface area contributed by atoms with E-state index < -0.39 is 23.9 Å². The van der Waals surface area contributed by atoms with Crippen molar-refractivity contribution in [2.75, 3.05) is 6.61 Å². The van der Waals surface area contributed by atoms with E-state index >= 15 is 0 Å². The first-order valence-electron chi connectivity index (χ1n) is 16.1. The number of carbonyl (C=O) groups excluding carboxylic acids is 1. The van der Waals surface area contributed by atoms with E-state index in [2.05, 4.69) is 34.6 Å². The number of fused-ring (bicyclic) bond motifs is 4. The fraction of sp³-hybridized carbons (Fsp3) is 0.970. The summed E-state index contributed by atoms with van der Waals surface area (Å²) in [6.45, 7) is 17.9. The van der Waals surface area contributed by atoms with Gasteiger partial charge in [-0.25, -0.2) is 4.79 Å². The fourth-order valence-corrected chi connectivity index (χ4v) is 12.8. The molecule has 5 saturated carbocycles. The number of ether oxygens (including phenoxy) is 3. The molecule has 7 nitrogen and oxygen atoms in total. The molecule has 0 radical (unpaired) electrons. The Morgan fingerprint density at radius 3 is 2.35 bits per heavy atom. The SMILES string of the molecule is CCOC(C1C[C@@H](C)[C@H]2C(O1)[C@H](O)[C@@]1(C)C3CC[C@H]4C(C)(C)C(OC(N)=O)CCC45CC35CCC21C)C(C)(C)O. The molecule has 1 aliphatic heterocycles. The molecular weight excluding hydrogens is 506 g/mol. The number of carbonyl (C=O) groups is 1. The number of amides is 1. The van der Waals surface area contributed by atoms with Crippen molar-refractivity contribution in [1.29, 1.82) is 0 Å². The second kappa shape index (κ2) is 8.83. The number of aliphatic hydroxyl groups excluding tert-OH is 1. The summed E-state index contributed by atoms with van der Waals surface area (Å²) >= 11 is 0. The van der Waals surface area contributed by atoms with Crippen LogP contribution in [0.3, 0.4) is 0 Å². The molecule has 6 aliphatic rings. The Balaban J connectivity index is 1.32. The molecule has 4 N–H and O–H groups in total. The van der Waals surface area contributed by atoms with Crippen molar-refractivity contribution in [3.05, 3.63) is 0 Å². The lowest BCUT2D eigenvalue weighted by molar-refractivity contribution is -0.215. The Morgan fingerprint density at radius 2 is 1.73 bits per heavy atom.